The number of benzene rings is 1. The van der Waals surface area contributed by atoms with E-state index < -0.39 is 0 Å². The Hall–Kier alpha value is -0.740. The summed E-state index contributed by atoms with van der Waals surface area (Å²) in [5.74, 6) is 0.884. The lowest BCUT2D eigenvalue weighted by Crippen LogP contribution is -2.60. The van der Waals surface area contributed by atoms with Crippen molar-refractivity contribution in [3.05, 3.63) is 22.7 Å². The van der Waals surface area contributed by atoms with E-state index in [4.69, 9.17) is 4.74 Å². The molecule has 3 nitrogen and oxygen atoms in total. The van der Waals surface area contributed by atoms with Gasteiger partial charge in [0, 0.05) is 30.9 Å². The van der Waals surface area contributed by atoms with Gasteiger partial charge in [-0.3, -0.25) is 0 Å². The van der Waals surface area contributed by atoms with E-state index in [0.29, 0.717) is 12.1 Å². The third-order valence-electron chi connectivity index (χ3n) is 4.40. The van der Waals surface area contributed by atoms with Gasteiger partial charge in [0.1, 0.15) is 5.75 Å². The molecule has 1 N–H and O–H groups in total. The van der Waals surface area contributed by atoms with E-state index in [-0.39, 0.29) is 5.41 Å². The van der Waals surface area contributed by atoms with Crippen LogP contribution in [-0.4, -0.2) is 32.3 Å². The van der Waals surface area contributed by atoms with Gasteiger partial charge in [0.15, 0.2) is 0 Å². The standard InChI is InChI=1S/C17H27BrN2O/c1-6-12-10-19-16(17(2,3)4)11-20(12)13-7-8-15(21-5)14(18)9-13/h7-9,12,16,19H,6,10-11H2,1-5H3. The molecule has 0 saturated carbocycles. The number of hydrogen-bond donors (Lipinski definition) is 1. The van der Waals surface area contributed by atoms with Crippen LogP contribution in [0.3, 0.4) is 0 Å². The quantitative estimate of drug-likeness (QED) is 0.885. The maximum atomic E-state index is 5.34. The average Bonchev–Trinajstić information content (AvgIpc) is 2.45. The maximum absolute atomic E-state index is 5.34. The Bertz CT molecular complexity index is 484. The largest absolute Gasteiger partial charge is 0.496 e. The molecule has 0 radical (unpaired) electrons. The molecule has 1 aromatic rings. The van der Waals surface area contributed by atoms with Crippen LogP contribution >= 0.6 is 15.9 Å². The van der Waals surface area contributed by atoms with Gasteiger partial charge in [0.2, 0.25) is 0 Å². The van der Waals surface area contributed by atoms with Gasteiger partial charge in [-0.1, -0.05) is 27.7 Å². The van der Waals surface area contributed by atoms with E-state index in [1.54, 1.807) is 7.11 Å². The molecule has 1 heterocycles. The second-order valence-corrected chi connectivity index (χ2v) is 7.71. The molecule has 1 aromatic carbocycles. The van der Waals surface area contributed by atoms with Gasteiger partial charge >= 0.3 is 0 Å². The Morgan fingerprint density at radius 3 is 2.62 bits per heavy atom. The second-order valence-electron chi connectivity index (χ2n) is 6.86. The SMILES string of the molecule is CCC1CNC(C(C)(C)C)CN1c1ccc(OC)c(Br)c1. The first-order valence-electron chi connectivity index (χ1n) is 7.70. The van der Waals surface area contributed by atoms with Crippen molar-refractivity contribution in [3.8, 4) is 5.75 Å². The summed E-state index contributed by atoms with van der Waals surface area (Å²) in [6.45, 7) is 11.3. The van der Waals surface area contributed by atoms with Crippen molar-refractivity contribution in [3.63, 3.8) is 0 Å². The molecule has 2 atom stereocenters. The van der Waals surface area contributed by atoms with Crippen molar-refractivity contribution in [2.75, 3.05) is 25.1 Å². The van der Waals surface area contributed by atoms with Crippen LogP contribution in [-0.2, 0) is 0 Å². The van der Waals surface area contributed by atoms with E-state index in [9.17, 15) is 0 Å². The van der Waals surface area contributed by atoms with Crippen molar-refractivity contribution in [1.82, 2.24) is 5.32 Å². The lowest BCUT2D eigenvalue weighted by molar-refractivity contribution is 0.233. The van der Waals surface area contributed by atoms with Crippen molar-refractivity contribution in [1.29, 1.82) is 0 Å². The van der Waals surface area contributed by atoms with Gasteiger partial charge in [-0.2, -0.15) is 0 Å². The molecule has 4 heteroatoms. The molecule has 2 rings (SSSR count). The fourth-order valence-corrected chi connectivity index (χ4v) is 3.42. The Morgan fingerprint density at radius 2 is 2.10 bits per heavy atom. The van der Waals surface area contributed by atoms with E-state index >= 15 is 0 Å². The molecule has 0 spiro atoms. The molecular formula is C17H27BrN2O. The van der Waals surface area contributed by atoms with E-state index in [2.05, 4.69) is 66.0 Å². The maximum Gasteiger partial charge on any atom is 0.133 e. The molecule has 1 aliphatic rings. The van der Waals surface area contributed by atoms with Crippen molar-refractivity contribution < 1.29 is 4.74 Å². The third-order valence-corrected chi connectivity index (χ3v) is 5.02. The molecule has 0 aliphatic carbocycles. The molecule has 0 bridgehead atoms. The van der Waals surface area contributed by atoms with Crippen LogP contribution in [0.4, 0.5) is 5.69 Å². The number of nitrogens with zero attached hydrogens (tertiary/aromatic N) is 1. The van der Waals surface area contributed by atoms with Gasteiger partial charge in [0.05, 0.1) is 11.6 Å². The Balaban J connectivity index is 2.27. The Labute approximate surface area is 137 Å². The molecule has 118 valence electrons. The Morgan fingerprint density at radius 1 is 1.38 bits per heavy atom. The summed E-state index contributed by atoms with van der Waals surface area (Å²) in [6.07, 6.45) is 1.15. The lowest BCUT2D eigenvalue weighted by Gasteiger charge is -2.46. The van der Waals surface area contributed by atoms with Gasteiger partial charge in [-0.25, -0.2) is 0 Å². The predicted molar refractivity (Wildman–Crippen MR) is 93.4 cm³/mol. The molecular weight excluding hydrogens is 328 g/mol. The topological polar surface area (TPSA) is 24.5 Å². The van der Waals surface area contributed by atoms with E-state index in [1.807, 2.05) is 6.07 Å². The number of halogens is 1. The number of nitrogens with one attached hydrogen (secondary N) is 1. The van der Waals surface area contributed by atoms with Crippen LogP contribution < -0.4 is 15.0 Å². The van der Waals surface area contributed by atoms with Crippen LogP contribution in [0.2, 0.25) is 0 Å². The third kappa shape index (κ3) is 3.72. The van der Waals surface area contributed by atoms with Crippen LogP contribution in [0.1, 0.15) is 34.1 Å². The number of methoxy groups -OCH3 is 1. The first kappa shape index (κ1) is 16.6. The highest BCUT2D eigenvalue weighted by molar-refractivity contribution is 9.10. The molecule has 0 amide bonds. The minimum Gasteiger partial charge on any atom is -0.496 e. The lowest BCUT2D eigenvalue weighted by atomic mass is 9.84. The normalized spacial score (nSPS) is 23.2. The van der Waals surface area contributed by atoms with Crippen LogP contribution in [0.15, 0.2) is 22.7 Å². The molecule has 1 aliphatic heterocycles. The molecule has 1 fully saturated rings. The highest BCUT2D eigenvalue weighted by Gasteiger charge is 2.33. The first-order valence-corrected chi connectivity index (χ1v) is 8.49. The monoisotopic (exact) mass is 354 g/mol. The zero-order valence-corrected chi connectivity index (χ0v) is 15.3. The summed E-state index contributed by atoms with van der Waals surface area (Å²) >= 11 is 3.60. The summed E-state index contributed by atoms with van der Waals surface area (Å²) in [5.41, 5.74) is 1.53. The van der Waals surface area contributed by atoms with Crippen molar-refractivity contribution >= 4 is 21.6 Å². The van der Waals surface area contributed by atoms with Gasteiger partial charge in [0.25, 0.3) is 0 Å². The summed E-state index contributed by atoms with van der Waals surface area (Å²) in [4.78, 5) is 2.54. The van der Waals surface area contributed by atoms with Crippen LogP contribution in [0, 0.1) is 5.41 Å². The Kier molecular flexibility index (Phi) is 5.20. The fourth-order valence-electron chi connectivity index (χ4n) is 2.89. The second kappa shape index (κ2) is 6.57. The van der Waals surface area contributed by atoms with Crippen LogP contribution in [0.25, 0.3) is 0 Å². The highest BCUT2D eigenvalue weighted by Crippen LogP contribution is 2.33. The summed E-state index contributed by atoms with van der Waals surface area (Å²) in [7, 11) is 1.70. The minimum atomic E-state index is 0.265. The summed E-state index contributed by atoms with van der Waals surface area (Å²) in [5, 5.41) is 3.72. The summed E-state index contributed by atoms with van der Waals surface area (Å²) in [6, 6.07) is 7.43. The molecule has 1 saturated heterocycles. The predicted octanol–water partition coefficient (Wildman–Crippen LogP) is 4.06. The fraction of sp³-hybridized carbons (Fsp3) is 0.647. The molecule has 21 heavy (non-hydrogen) atoms. The van der Waals surface area contributed by atoms with Gasteiger partial charge in [-0.15, -0.1) is 0 Å². The number of rotatable bonds is 3. The molecule has 0 aromatic heterocycles. The smallest absolute Gasteiger partial charge is 0.133 e. The first-order chi connectivity index (χ1) is 9.86. The van der Waals surface area contributed by atoms with Gasteiger partial charge in [-0.05, 0) is 46.0 Å². The zero-order valence-electron chi connectivity index (χ0n) is 13.7. The van der Waals surface area contributed by atoms with Crippen LogP contribution in [0.5, 0.6) is 5.75 Å². The molecule has 2 unspecified atom stereocenters. The van der Waals surface area contributed by atoms with Crippen molar-refractivity contribution in [2.45, 2.75) is 46.2 Å². The number of piperazine rings is 1. The highest BCUT2D eigenvalue weighted by atomic mass is 79.9. The van der Waals surface area contributed by atoms with E-state index in [1.165, 1.54) is 5.69 Å². The summed E-state index contributed by atoms with van der Waals surface area (Å²) < 4.78 is 6.35. The number of anilines is 1. The number of hydrogen-bond acceptors (Lipinski definition) is 3. The van der Waals surface area contributed by atoms with Gasteiger partial charge < -0.3 is 15.0 Å². The minimum absolute atomic E-state index is 0.265. The zero-order chi connectivity index (χ0) is 15.6. The number of ether oxygens (including phenoxy) is 1. The average molecular weight is 355 g/mol. The van der Waals surface area contributed by atoms with Crippen molar-refractivity contribution in [2.24, 2.45) is 5.41 Å². The van der Waals surface area contributed by atoms with E-state index in [0.717, 1.165) is 29.7 Å².